The Hall–Kier alpha value is -4.00. The molecule has 6 nitrogen and oxygen atoms in total. The van der Waals surface area contributed by atoms with Crippen LogP contribution in [0.2, 0.25) is 0 Å². The van der Waals surface area contributed by atoms with Crippen LogP contribution >= 0.6 is 0 Å². The lowest BCUT2D eigenvalue weighted by Gasteiger charge is -2.14. The molecule has 0 radical (unpaired) electrons. The first-order valence-corrected chi connectivity index (χ1v) is 10.7. The number of nitro benzene ring substituents is 1. The molecule has 0 heterocycles. The fraction of sp³-hybridized carbons (Fsp3) is 0.192. The highest BCUT2D eigenvalue weighted by molar-refractivity contribution is 5.79. The third kappa shape index (κ3) is 4.77. The number of halogens is 1. The highest BCUT2D eigenvalue weighted by atomic mass is 19.1. The smallest absolute Gasteiger partial charge is 0.407 e. The van der Waals surface area contributed by atoms with Crippen molar-refractivity contribution >= 4 is 17.9 Å². The van der Waals surface area contributed by atoms with Crippen LogP contribution in [-0.4, -0.2) is 24.2 Å². The second-order valence-electron chi connectivity index (χ2n) is 7.84. The van der Waals surface area contributed by atoms with Gasteiger partial charge in [0.25, 0.3) is 5.69 Å². The average Bonchev–Trinajstić information content (AvgIpc) is 3.13. The maximum atomic E-state index is 13.6. The molecule has 0 saturated heterocycles. The topological polar surface area (TPSA) is 81.5 Å². The maximum absolute atomic E-state index is 13.6. The van der Waals surface area contributed by atoms with E-state index in [1.165, 1.54) is 17.2 Å². The quantitative estimate of drug-likeness (QED) is 0.275. The first-order chi connectivity index (χ1) is 16.0. The second kappa shape index (κ2) is 9.65. The first-order valence-electron chi connectivity index (χ1n) is 10.7. The minimum atomic E-state index is -0.663. The maximum Gasteiger partial charge on any atom is 0.407 e. The number of carbonyl (C=O) groups is 1. The number of alkyl carbamates (subject to hydrolysis) is 1. The molecule has 0 fully saturated rings. The standard InChI is InChI=1S/C26H23FN2O4/c1-17-18(14-19(27)15-25(17)29(31)32)8-6-7-13-28-26(30)33-16-24-22-11-4-2-9-20(22)21-10-3-5-12-23(21)24/h2-6,8-12,14-15,24H,7,13,16H2,1H3,(H,28,30). The average molecular weight is 446 g/mol. The van der Waals surface area contributed by atoms with Crippen LogP contribution in [0.25, 0.3) is 17.2 Å². The molecule has 3 aromatic carbocycles. The van der Waals surface area contributed by atoms with E-state index in [0.29, 0.717) is 24.1 Å². The number of nitrogens with one attached hydrogen (secondary N) is 1. The summed E-state index contributed by atoms with van der Waals surface area (Å²) in [7, 11) is 0. The van der Waals surface area contributed by atoms with E-state index in [4.69, 9.17) is 4.74 Å². The van der Waals surface area contributed by atoms with Gasteiger partial charge in [0.2, 0.25) is 0 Å². The van der Waals surface area contributed by atoms with E-state index in [2.05, 4.69) is 29.6 Å². The summed E-state index contributed by atoms with van der Waals surface area (Å²) in [6.07, 6.45) is 3.30. The number of nitrogens with zero attached hydrogens (tertiary/aromatic N) is 1. The molecular weight excluding hydrogens is 423 g/mol. The van der Waals surface area contributed by atoms with Crippen LogP contribution in [0.3, 0.4) is 0 Å². The number of hydrogen-bond acceptors (Lipinski definition) is 4. The molecule has 0 saturated carbocycles. The van der Waals surface area contributed by atoms with Gasteiger partial charge in [0.05, 0.1) is 11.0 Å². The Bertz CT molecular complexity index is 1190. The number of nitro groups is 1. The molecule has 7 heteroatoms. The fourth-order valence-electron chi connectivity index (χ4n) is 4.17. The number of ether oxygens (including phenoxy) is 1. The lowest BCUT2D eigenvalue weighted by Crippen LogP contribution is -2.26. The molecular formula is C26H23FN2O4. The second-order valence-corrected chi connectivity index (χ2v) is 7.84. The molecule has 168 valence electrons. The van der Waals surface area contributed by atoms with Crippen molar-refractivity contribution in [2.75, 3.05) is 13.2 Å². The van der Waals surface area contributed by atoms with Gasteiger partial charge < -0.3 is 10.1 Å². The Morgan fingerprint density at radius 1 is 1.12 bits per heavy atom. The molecule has 0 bridgehead atoms. The third-order valence-corrected chi connectivity index (χ3v) is 5.80. The van der Waals surface area contributed by atoms with Gasteiger partial charge in [-0.15, -0.1) is 0 Å². The molecule has 1 N–H and O–H groups in total. The number of hydrogen-bond donors (Lipinski definition) is 1. The molecule has 0 atom stereocenters. The highest BCUT2D eigenvalue weighted by Crippen LogP contribution is 2.44. The summed E-state index contributed by atoms with van der Waals surface area (Å²) in [5.74, 6) is -0.668. The Morgan fingerprint density at radius 2 is 1.76 bits per heavy atom. The van der Waals surface area contributed by atoms with Crippen molar-refractivity contribution in [1.29, 1.82) is 0 Å². The van der Waals surface area contributed by atoms with Crippen LogP contribution in [0, 0.1) is 22.9 Å². The molecule has 1 aliphatic rings. The van der Waals surface area contributed by atoms with Crippen LogP contribution in [0.15, 0.2) is 66.7 Å². The molecule has 1 aliphatic carbocycles. The van der Waals surface area contributed by atoms with Crippen molar-refractivity contribution in [3.8, 4) is 11.1 Å². The summed E-state index contributed by atoms with van der Waals surface area (Å²) in [5, 5.41) is 13.7. The Labute approximate surface area is 190 Å². The van der Waals surface area contributed by atoms with Gasteiger partial charge in [-0.3, -0.25) is 10.1 Å². The van der Waals surface area contributed by atoms with Gasteiger partial charge in [0.15, 0.2) is 0 Å². The van der Waals surface area contributed by atoms with Crippen LogP contribution in [0.5, 0.6) is 0 Å². The Kier molecular flexibility index (Phi) is 6.49. The molecule has 0 aliphatic heterocycles. The molecule has 3 aromatic rings. The monoisotopic (exact) mass is 446 g/mol. The van der Waals surface area contributed by atoms with E-state index in [1.807, 2.05) is 24.3 Å². The molecule has 0 spiro atoms. The predicted molar refractivity (Wildman–Crippen MR) is 125 cm³/mol. The van der Waals surface area contributed by atoms with E-state index >= 15 is 0 Å². The summed E-state index contributed by atoms with van der Waals surface area (Å²) < 4.78 is 19.1. The van der Waals surface area contributed by atoms with E-state index < -0.39 is 16.8 Å². The minimum Gasteiger partial charge on any atom is -0.449 e. The predicted octanol–water partition coefficient (Wildman–Crippen LogP) is 5.98. The van der Waals surface area contributed by atoms with Gasteiger partial charge in [-0.1, -0.05) is 60.7 Å². The van der Waals surface area contributed by atoms with Gasteiger partial charge in [0.1, 0.15) is 12.4 Å². The minimum absolute atomic E-state index is 0.00483. The number of amides is 1. The summed E-state index contributed by atoms with van der Waals surface area (Å²) in [4.78, 5) is 22.6. The number of carbonyl (C=O) groups excluding carboxylic acids is 1. The zero-order valence-electron chi connectivity index (χ0n) is 18.1. The fourth-order valence-corrected chi connectivity index (χ4v) is 4.17. The van der Waals surface area contributed by atoms with Crippen molar-refractivity contribution in [1.82, 2.24) is 5.32 Å². The van der Waals surface area contributed by atoms with E-state index in [0.717, 1.165) is 17.2 Å². The van der Waals surface area contributed by atoms with Crippen LogP contribution in [-0.2, 0) is 4.74 Å². The van der Waals surface area contributed by atoms with Crippen molar-refractivity contribution < 1.29 is 18.8 Å². The van der Waals surface area contributed by atoms with E-state index in [1.54, 1.807) is 19.1 Å². The Morgan fingerprint density at radius 3 is 2.39 bits per heavy atom. The lowest BCUT2D eigenvalue weighted by molar-refractivity contribution is -0.385. The summed E-state index contributed by atoms with van der Waals surface area (Å²) in [5.41, 5.74) is 5.19. The number of rotatable bonds is 7. The van der Waals surface area contributed by atoms with Gasteiger partial charge in [-0.25, -0.2) is 9.18 Å². The largest absolute Gasteiger partial charge is 0.449 e. The number of benzene rings is 3. The van der Waals surface area contributed by atoms with E-state index in [-0.39, 0.29) is 18.2 Å². The lowest BCUT2D eigenvalue weighted by atomic mass is 9.98. The third-order valence-electron chi connectivity index (χ3n) is 5.80. The summed E-state index contributed by atoms with van der Waals surface area (Å²) in [6.45, 7) is 2.14. The van der Waals surface area contributed by atoms with Crippen LogP contribution < -0.4 is 5.32 Å². The normalized spacial score (nSPS) is 12.4. The van der Waals surface area contributed by atoms with Crippen LogP contribution in [0.1, 0.15) is 34.6 Å². The number of fused-ring (bicyclic) bond motifs is 3. The molecule has 33 heavy (non-hydrogen) atoms. The molecule has 1 amide bonds. The van der Waals surface area contributed by atoms with Crippen molar-refractivity contribution in [3.63, 3.8) is 0 Å². The zero-order valence-corrected chi connectivity index (χ0v) is 18.1. The van der Waals surface area contributed by atoms with Gasteiger partial charge in [-0.05, 0) is 47.2 Å². The molecule has 0 aromatic heterocycles. The SMILES string of the molecule is Cc1c(C=CCCNC(=O)OCC2c3ccccc3-c3ccccc32)cc(F)cc1[N+](=O)[O-]. The summed E-state index contributed by atoms with van der Waals surface area (Å²) >= 11 is 0. The van der Waals surface area contributed by atoms with E-state index in [9.17, 15) is 19.3 Å². The molecule has 4 rings (SSSR count). The first kappa shape index (κ1) is 22.2. The van der Waals surface area contributed by atoms with Crippen molar-refractivity contribution in [2.24, 2.45) is 0 Å². The van der Waals surface area contributed by atoms with Gasteiger partial charge in [-0.2, -0.15) is 0 Å². The highest BCUT2D eigenvalue weighted by Gasteiger charge is 2.28. The van der Waals surface area contributed by atoms with Crippen molar-refractivity contribution in [2.45, 2.75) is 19.3 Å². The van der Waals surface area contributed by atoms with Crippen LogP contribution in [0.4, 0.5) is 14.9 Å². The van der Waals surface area contributed by atoms with Gasteiger partial charge in [0, 0.05) is 18.0 Å². The van der Waals surface area contributed by atoms with Crippen molar-refractivity contribution in [3.05, 3.63) is 105 Å². The zero-order chi connectivity index (χ0) is 23.4. The summed E-state index contributed by atoms with van der Waals surface area (Å²) in [6, 6.07) is 18.4. The molecule has 0 unspecified atom stereocenters. The van der Waals surface area contributed by atoms with Gasteiger partial charge >= 0.3 is 6.09 Å². The Balaban J connectivity index is 1.30.